The predicted molar refractivity (Wildman–Crippen MR) is 120 cm³/mol. The van der Waals surface area contributed by atoms with Crippen LogP contribution in [0.2, 0.25) is 0 Å². The summed E-state index contributed by atoms with van der Waals surface area (Å²) >= 11 is 1.39. The van der Waals surface area contributed by atoms with Crippen molar-refractivity contribution in [2.24, 2.45) is 0 Å². The minimum absolute atomic E-state index is 0.0387. The minimum atomic E-state index is -3.58. The molecule has 158 valence electrons. The Hall–Kier alpha value is -2.29. The summed E-state index contributed by atoms with van der Waals surface area (Å²) < 4.78 is 28.0. The quantitative estimate of drug-likeness (QED) is 0.615. The highest BCUT2D eigenvalue weighted by atomic mass is 32.2. The maximum Gasteiger partial charge on any atom is 0.263 e. The van der Waals surface area contributed by atoms with Gasteiger partial charge in [-0.05, 0) is 55.2 Å². The number of carbonyl (C=O) groups is 1. The Labute approximate surface area is 181 Å². The van der Waals surface area contributed by atoms with Gasteiger partial charge in [-0.1, -0.05) is 12.1 Å². The highest BCUT2D eigenvalue weighted by Crippen LogP contribution is 2.41. The highest BCUT2D eigenvalue weighted by molar-refractivity contribution is 7.89. The number of nitrogens with zero attached hydrogens (tertiary/aromatic N) is 3. The number of fused-ring (bicyclic) bond motifs is 1. The lowest BCUT2D eigenvalue weighted by molar-refractivity contribution is 0.0831. The normalized spacial score (nSPS) is 17.5. The van der Waals surface area contributed by atoms with E-state index in [0.717, 1.165) is 26.9 Å². The Bertz CT molecular complexity index is 1230. The van der Waals surface area contributed by atoms with Crippen molar-refractivity contribution in [3.05, 3.63) is 58.1 Å². The summed E-state index contributed by atoms with van der Waals surface area (Å²) in [5.74, 6) is -0.105. The molecule has 2 aromatic heterocycles. The molecule has 3 aromatic rings. The van der Waals surface area contributed by atoms with Gasteiger partial charge >= 0.3 is 0 Å². The Morgan fingerprint density at radius 1 is 1.20 bits per heavy atom. The second-order valence-electron chi connectivity index (χ2n) is 8.00. The number of rotatable bonds is 4. The van der Waals surface area contributed by atoms with Crippen molar-refractivity contribution < 1.29 is 13.2 Å². The van der Waals surface area contributed by atoms with Crippen molar-refractivity contribution in [3.63, 3.8) is 0 Å². The number of thiophene rings is 1. The second-order valence-corrected chi connectivity index (χ2v) is 10.9. The van der Waals surface area contributed by atoms with Gasteiger partial charge in [0.15, 0.2) is 0 Å². The molecule has 3 heterocycles. The number of hydrogen-bond donors (Lipinski definition) is 0. The average molecular weight is 444 g/mol. The van der Waals surface area contributed by atoms with Crippen LogP contribution in [-0.2, 0) is 10.0 Å². The van der Waals surface area contributed by atoms with Gasteiger partial charge in [-0.3, -0.25) is 4.79 Å². The zero-order valence-electron chi connectivity index (χ0n) is 17.5. The van der Waals surface area contributed by atoms with E-state index >= 15 is 0 Å². The van der Waals surface area contributed by atoms with Crippen LogP contribution in [-0.4, -0.2) is 55.7 Å². The summed E-state index contributed by atoms with van der Waals surface area (Å²) in [6, 6.07) is 9.10. The maximum atomic E-state index is 13.2. The van der Waals surface area contributed by atoms with Crippen LogP contribution >= 0.6 is 11.3 Å². The number of pyridine rings is 1. The summed E-state index contributed by atoms with van der Waals surface area (Å²) in [4.78, 5) is 20.6. The average Bonchev–Trinajstić information content (AvgIpc) is 3.34. The van der Waals surface area contributed by atoms with E-state index in [-0.39, 0.29) is 11.8 Å². The van der Waals surface area contributed by atoms with Gasteiger partial charge in [0, 0.05) is 44.7 Å². The van der Waals surface area contributed by atoms with Crippen molar-refractivity contribution in [2.45, 2.75) is 31.1 Å². The molecular weight excluding hydrogens is 418 g/mol. The summed E-state index contributed by atoms with van der Waals surface area (Å²) in [6.45, 7) is 4.69. The first kappa shape index (κ1) is 21.0. The first-order valence-corrected chi connectivity index (χ1v) is 12.1. The number of hydrogen-bond acceptors (Lipinski definition) is 5. The summed E-state index contributed by atoms with van der Waals surface area (Å²) in [5, 5.41) is 0.947. The molecule has 8 heteroatoms. The van der Waals surface area contributed by atoms with E-state index in [9.17, 15) is 13.2 Å². The van der Waals surface area contributed by atoms with E-state index in [1.165, 1.54) is 11.3 Å². The van der Waals surface area contributed by atoms with E-state index < -0.39 is 10.0 Å². The number of sulfonamides is 1. The lowest BCUT2D eigenvalue weighted by atomic mass is 9.95. The fourth-order valence-electron chi connectivity index (χ4n) is 3.92. The van der Waals surface area contributed by atoms with Crippen LogP contribution in [0.15, 0.2) is 41.4 Å². The van der Waals surface area contributed by atoms with E-state index in [0.29, 0.717) is 29.3 Å². The standard InChI is InChI=1S/C22H25N3O3S2/c1-14-7-8-17(12-15(14)2)30(27,28)25-11-9-16(13-25)19-18-6-5-10-23-21(18)29-20(19)22(26)24(3)4/h5-8,10,12,16H,9,11,13H2,1-4H3. The van der Waals surface area contributed by atoms with E-state index in [2.05, 4.69) is 4.98 Å². The molecule has 1 unspecified atom stereocenters. The predicted octanol–water partition coefficient (Wildman–Crippen LogP) is 3.79. The molecule has 0 N–H and O–H groups in total. The molecule has 6 nitrogen and oxygen atoms in total. The van der Waals surface area contributed by atoms with Crippen molar-refractivity contribution in [2.75, 3.05) is 27.2 Å². The minimum Gasteiger partial charge on any atom is -0.344 e. The van der Waals surface area contributed by atoms with Gasteiger partial charge in [0.2, 0.25) is 10.0 Å². The number of aryl methyl sites for hydroxylation is 2. The molecule has 0 spiro atoms. The van der Waals surface area contributed by atoms with E-state index in [4.69, 9.17) is 0 Å². The van der Waals surface area contributed by atoms with Gasteiger partial charge in [0.25, 0.3) is 5.91 Å². The first-order valence-electron chi connectivity index (χ1n) is 9.86. The van der Waals surface area contributed by atoms with Gasteiger partial charge < -0.3 is 4.90 Å². The van der Waals surface area contributed by atoms with Crippen molar-refractivity contribution in [1.29, 1.82) is 0 Å². The Morgan fingerprint density at radius 3 is 2.67 bits per heavy atom. The Morgan fingerprint density at radius 2 is 1.97 bits per heavy atom. The third kappa shape index (κ3) is 3.53. The van der Waals surface area contributed by atoms with Crippen LogP contribution < -0.4 is 0 Å². The molecule has 0 saturated carbocycles. The largest absolute Gasteiger partial charge is 0.344 e. The van der Waals surface area contributed by atoms with E-state index in [1.54, 1.807) is 41.6 Å². The monoisotopic (exact) mass is 443 g/mol. The van der Waals surface area contributed by atoms with Crippen LogP contribution in [0.5, 0.6) is 0 Å². The van der Waals surface area contributed by atoms with Crippen molar-refractivity contribution in [1.82, 2.24) is 14.2 Å². The molecular formula is C22H25N3O3S2. The summed E-state index contributed by atoms with van der Waals surface area (Å²) in [7, 11) is -0.116. The zero-order valence-corrected chi connectivity index (χ0v) is 19.2. The van der Waals surface area contributed by atoms with Crippen LogP contribution in [0.1, 0.15) is 38.7 Å². The lowest BCUT2D eigenvalue weighted by Crippen LogP contribution is -2.29. The third-order valence-electron chi connectivity index (χ3n) is 5.78. The van der Waals surface area contributed by atoms with Crippen LogP contribution in [0, 0.1) is 13.8 Å². The molecule has 1 fully saturated rings. The summed E-state index contributed by atoms with van der Waals surface area (Å²) in [6.07, 6.45) is 2.40. The highest BCUT2D eigenvalue weighted by Gasteiger charge is 2.36. The molecule has 1 atom stereocenters. The topological polar surface area (TPSA) is 70.6 Å². The Balaban J connectivity index is 1.71. The van der Waals surface area contributed by atoms with E-state index in [1.807, 2.05) is 32.0 Å². The molecule has 30 heavy (non-hydrogen) atoms. The van der Waals surface area contributed by atoms with Gasteiger partial charge in [-0.15, -0.1) is 11.3 Å². The first-order chi connectivity index (χ1) is 14.2. The molecule has 1 aromatic carbocycles. The van der Waals surface area contributed by atoms with Gasteiger partial charge in [-0.25, -0.2) is 13.4 Å². The van der Waals surface area contributed by atoms with Gasteiger partial charge in [0.1, 0.15) is 4.83 Å². The maximum absolute atomic E-state index is 13.2. The van der Waals surface area contributed by atoms with Gasteiger partial charge in [0.05, 0.1) is 9.77 Å². The lowest BCUT2D eigenvalue weighted by Gasteiger charge is -2.18. The third-order valence-corrected chi connectivity index (χ3v) is 8.76. The Kier molecular flexibility index (Phi) is 5.42. The molecule has 0 radical (unpaired) electrons. The molecule has 4 rings (SSSR count). The summed E-state index contributed by atoms with van der Waals surface area (Å²) in [5.41, 5.74) is 2.96. The molecule has 0 aliphatic carbocycles. The molecule has 1 aliphatic heterocycles. The van der Waals surface area contributed by atoms with Crippen LogP contribution in [0.4, 0.5) is 0 Å². The number of benzene rings is 1. The van der Waals surface area contributed by atoms with Crippen molar-refractivity contribution in [3.8, 4) is 0 Å². The smallest absolute Gasteiger partial charge is 0.263 e. The number of carbonyl (C=O) groups excluding carboxylic acids is 1. The SMILES string of the molecule is Cc1ccc(S(=O)(=O)N2CCC(c3c(C(=O)N(C)C)sc4ncccc34)C2)cc1C. The molecule has 0 bridgehead atoms. The van der Waals surface area contributed by atoms with Crippen LogP contribution in [0.3, 0.4) is 0 Å². The fraction of sp³-hybridized carbons (Fsp3) is 0.364. The number of aromatic nitrogens is 1. The molecule has 1 saturated heterocycles. The molecule has 1 aliphatic rings. The second kappa shape index (κ2) is 7.76. The zero-order chi connectivity index (χ0) is 21.6. The molecule has 1 amide bonds. The fourth-order valence-corrected chi connectivity index (χ4v) is 6.76. The van der Waals surface area contributed by atoms with Crippen LogP contribution in [0.25, 0.3) is 10.2 Å². The van der Waals surface area contributed by atoms with Gasteiger partial charge in [-0.2, -0.15) is 4.31 Å². The number of amides is 1. The van der Waals surface area contributed by atoms with Crippen molar-refractivity contribution >= 4 is 37.5 Å².